The number of hydrogen-bond acceptors (Lipinski definition) is 11. The van der Waals surface area contributed by atoms with Crippen molar-refractivity contribution < 1.29 is 51.3 Å². The fraction of sp³-hybridized carbons (Fsp3) is 0.489. The van der Waals surface area contributed by atoms with Crippen LogP contribution in [-0.2, 0) is 11.2 Å². The van der Waals surface area contributed by atoms with Crippen LogP contribution in [0.5, 0.6) is 0 Å². The Bertz CT molecular complexity index is 5000. The zero-order valence-electron chi connectivity index (χ0n) is 64.2. The smallest absolute Gasteiger partial charge is 0.324 e. The fourth-order valence-corrected chi connectivity index (χ4v) is 25.8. The molecule has 12 unspecified atom stereocenters. The van der Waals surface area contributed by atoms with Gasteiger partial charge in [0.15, 0.2) is 0 Å². The summed E-state index contributed by atoms with van der Waals surface area (Å²) >= 11 is 0. The molecule has 22 heteroatoms. The molecule has 9 aromatic rings. The minimum atomic E-state index is -0.553. The van der Waals surface area contributed by atoms with Gasteiger partial charge in [-0.3, -0.25) is 9.69 Å². The molecular weight excluding hydrogens is 1450 g/mol. The number of anilines is 2. The van der Waals surface area contributed by atoms with E-state index in [9.17, 15) is 46.9 Å². The number of carbonyl (C=O) groups is 2. The molecule has 596 valence electrons. The third kappa shape index (κ3) is 13.3. The number of carbonyl (C=O) groups excluding carboxylic acids is 2. The molecule has 13 fully saturated rings. The van der Waals surface area contributed by atoms with Crippen LogP contribution in [0, 0.1) is 104 Å². The number of fused-ring (bicyclic) bond motifs is 9. The number of aromatic nitrogens is 6. The molecule has 16 nitrogen and oxygen atoms in total. The van der Waals surface area contributed by atoms with Crippen LogP contribution in [0.2, 0.25) is 0 Å². The summed E-state index contributed by atoms with van der Waals surface area (Å²) in [5.74, 6) is 3.06. The van der Waals surface area contributed by atoms with E-state index >= 15 is 4.39 Å². The summed E-state index contributed by atoms with van der Waals surface area (Å²) in [7, 11) is 0. The highest BCUT2D eigenvalue weighted by molar-refractivity contribution is 5.94. The van der Waals surface area contributed by atoms with Crippen molar-refractivity contribution in [2.24, 2.45) is 75.2 Å². The van der Waals surface area contributed by atoms with Crippen molar-refractivity contribution >= 4 is 23.2 Å². The Kier molecular flexibility index (Phi) is 19.8. The number of aryl methyl sites for hydroxylation is 1. The van der Waals surface area contributed by atoms with E-state index in [1.165, 1.54) is 67.4 Å². The monoisotopic (exact) mass is 1550 g/mol. The second-order valence-corrected chi connectivity index (χ2v) is 36.3. The quantitative estimate of drug-likeness (QED) is 0.0332. The Morgan fingerprint density at radius 2 is 0.886 bits per heavy atom. The van der Waals surface area contributed by atoms with Crippen LogP contribution < -0.4 is 21.3 Å². The molecular formula is C92H101F6N11O5. The van der Waals surface area contributed by atoms with Crippen molar-refractivity contribution in [3.63, 3.8) is 0 Å². The summed E-state index contributed by atoms with van der Waals surface area (Å²) in [5, 5.41) is 42.3. The first-order valence-corrected chi connectivity index (χ1v) is 41.8. The Morgan fingerprint density at radius 1 is 0.474 bits per heavy atom. The summed E-state index contributed by atoms with van der Waals surface area (Å²) in [6.07, 6.45) is 27.8. The highest BCUT2D eigenvalue weighted by atomic mass is 19.1. The van der Waals surface area contributed by atoms with Gasteiger partial charge in [0, 0.05) is 94.9 Å². The zero-order chi connectivity index (χ0) is 78.1. The molecule has 114 heavy (non-hydrogen) atoms. The van der Waals surface area contributed by atoms with E-state index in [4.69, 9.17) is 5.73 Å². The lowest BCUT2D eigenvalue weighted by atomic mass is 9.46. The van der Waals surface area contributed by atoms with Crippen molar-refractivity contribution in [2.75, 3.05) is 42.9 Å². The van der Waals surface area contributed by atoms with Crippen molar-refractivity contribution in [1.29, 1.82) is 0 Å². The molecule has 1 saturated heterocycles. The van der Waals surface area contributed by atoms with Gasteiger partial charge in [0.1, 0.15) is 40.7 Å². The van der Waals surface area contributed by atoms with Gasteiger partial charge in [0.05, 0.1) is 91.1 Å². The van der Waals surface area contributed by atoms with E-state index in [1.807, 2.05) is 27.3 Å². The normalized spacial score (nSPS) is 31.3. The molecule has 0 spiro atoms. The van der Waals surface area contributed by atoms with Crippen LogP contribution in [0.15, 0.2) is 165 Å². The Hall–Kier alpha value is -8.93. The van der Waals surface area contributed by atoms with Crippen LogP contribution in [0.4, 0.5) is 42.5 Å². The molecule has 7 N–H and O–H groups in total. The number of nitrogens with zero attached hydrogens (tertiary/aromatic N) is 8. The molecule has 12 saturated carbocycles. The maximum absolute atomic E-state index is 15.1. The predicted molar refractivity (Wildman–Crippen MR) is 422 cm³/mol. The first kappa shape index (κ1) is 75.1. The Labute approximate surface area is 661 Å². The van der Waals surface area contributed by atoms with E-state index in [0.717, 1.165) is 160 Å². The third-order valence-corrected chi connectivity index (χ3v) is 29.9. The minimum absolute atomic E-state index is 0.0133. The largest absolute Gasteiger partial charge is 0.392 e. The van der Waals surface area contributed by atoms with Crippen LogP contribution in [-0.4, -0.2) is 124 Å². The molecule has 3 aromatic heterocycles. The van der Waals surface area contributed by atoms with E-state index in [-0.39, 0.29) is 93.2 Å². The number of Topliss-reactive ketones (excluding diaryl/α,β-unsaturated/α-hetero) is 1. The lowest BCUT2D eigenvalue weighted by Gasteiger charge is -2.63. The first-order valence-electron chi connectivity index (χ1n) is 41.8. The number of imidazole rings is 3. The number of aliphatic hydroxyl groups excluding tert-OH is 3. The van der Waals surface area contributed by atoms with Crippen molar-refractivity contribution in [2.45, 2.75) is 177 Å². The van der Waals surface area contributed by atoms with Gasteiger partial charge in [0.25, 0.3) is 0 Å². The van der Waals surface area contributed by atoms with Gasteiger partial charge in [0.2, 0.25) is 0 Å². The lowest BCUT2D eigenvalue weighted by Crippen LogP contribution is -2.62. The fourth-order valence-electron chi connectivity index (χ4n) is 25.8. The van der Waals surface area contributed by atoms with Gasteiger partial charge >= 0.3 is 6.03 Å². The average molecular weight is 1550 g/mol. The maximum Gasteiger partial charge on any atom is 0.324 e. The van der Waals surface area contributed by atoms with Crippen LogP contribution in [0.3, 0.4) is 0 Å². The maximum atomic E-state index is 15.1. The average Bonchev–Trinajstić information content (AvgIpc) is 1.10. The SMILES string of the molecule is NCCCc1ccc(F)cc1.O=C1C2CC3CC1CC(C(O)CC1c4c(F)cccc4-c4cncn41)(C3)C2.O=C1N(c2ccc(F)cc2)CCN1C1C2CC3CC1CC(C(O)CC1c4c(F)cccc4-c4cncn41)(C3)C2.OC(CC1c2c(F)cccc2-c2cncn21)C12CC3CC(C1)C(NCCNc1ccc(F)cc1)C(C3)C2. The predicted octanol–water partition coefficient (Wildman–Crippen LogP) is 16.5. The van der Waals surface area contributed by atoms with E-state index < -0.39 is 18.3 Å². The number of rotatable bonds is 19. The Morgan fingerprint density at radius 3 is 1.34 bits per heavy atom. The van der Waals surface area contributed by atoms with Crippen molar-refractivity contribution in [1.82, 2.24) is 38.9 Å². The molecule has 16 aliphatic rings. The van der Waals surface area contributed by atoms with Crippen molar-refractivity contribution in [3.05, 3.63) is 222 Å². The van der Waals surface area contributed by atoms with Gasteiger partial charge in [-0.1, -0.05) is 48.5 Å². The summed E-state index contributed by atoms with van der Waals surface area (Å²) < 4.78 is 89.8. The highest BCUT2D eigenvalue weighted by Gasteiger charge is 2.63. The zero-order valence-corrected chi connectivity index (χ0v) is 64.2. The number of aliphatic hydroxyl groups is 3. The number of amides is 2. The number of halogens is 6. The van der Waals surface area contributed by atoms with Gasteiger partial charge in [-0.15, -0.1) is 0 Å². The topological polar surface area (TPSA) is 205 Å². The van der Waals surface area contributed by atoms with E-state index in [1.54, 1.807) is 97.1 Å². The summed E-state index contributed by atoms with van der Waals surface area (Å²) in [6, 6.07) is 34.8. The molecule has 25 rings (SSSR count). The molecule has 0 radical (unpaired) electrons. The summed E-state index contributed by atoms with van der Waals surface area (Å²) in [5.41, 5.74) is 15.2. The molecule has 6 aromatic carbocycles. The van der Waals surface area contributed by atoms with Crippen LogP contribution in [0.1, 0.15) is 162 Å². The molecule has 2 amide bonds. The summed E-state index contributed by atoms with van der Waals surface area (Å²) in [6.45, 7) is 3.62. The minimum Gasteiger partial charge on any atom is -0.392 e. The molecule has 12 aliphatic carbocycles. The van der Waals surface area contributed by atoms with Gasteiger partial charge in [-0.05, 0) is 277 Å². The number of hydrogen-bond donors (Lipinski definition) is 6. The second-order valence-electron chi connectivity index (χ2n) is 36.3. The standard InChI is InChI=1S/C31H32F2N4O2.C30H34F2N4O.C22H23FN2O2.C9H12FN/c32-21-4-6-22(7-5-21)35-8-9-36(30(35)39)29-19-10-18-11-20(29)15-31(13-18,14-19)27(38)12-25-28-23(2-1-3-24(28)33)26-16-34-17-37(25)26;31-21-4-6-22(7-5-21)34-8-9-35-29-19-10-18-11-20(29)15-30(13-18,14-19)27(37)12-25-28-23(2-1-3-24(28)32)26-16-33-17-36(25)26;23-16-3-1-2-15-18-10-24-11-25(18)17(20(15)16)6-19(26)22-7-12-4-13(8-22)21(27)14(5-12)9-22;10-9-5-3-8(4-6-9)2-1-7-11/h1-7,16-20,25,27,29,38H,8-15H2;1-7,16-20,25,27,29,34-35,37H,8-15H2;1-3,10-14,17,19,26H,4-9H2;3-6H,1-2,7,11H2. The van der Waals surface area contributed by atoms with Gasteiger partial charge in [-0.2, -0.15) is 0 Å². The Balaban J connectivity index is 0.000000109. The number of nitrogens with two attached hydrogens (primary N) is 1. The molecule has 12 atom stereocenters. The number of ketones is 1. The first-order chi connectivity index (χ1) is 55.3. The molecule has 7 heterocycles. The van der Waals surface area contributed by atoms with Crippen molar-refractivity contribution in [3.8, 4) is 33.8 Å². The van der Waals surface area contributed by atoms with Gasteiger partial charge in [-0.25, -0.2) is 46.1 Å². The third-order valence-electron chi connectivity index (χ3n) is 29.9. The van der Waals surface area contributed by atoms with Crippen LogP contribution in [0.25, 0.3) is 33.8 Å². The lowest BCUT2D eigenvalue weighted by molar-refractivity contribution is -0.160. The summed E-state index contributed by atoms with van der Waals surface area (Å²) in [4.78, 5) is 42.8. The number of nitrogens with one attached hydrogen (secondary N) is 2. The molecule has 4 aliphatic heterocycles. The van der Waals surface area contributed by atoms with E-state index in [2.05, 4.69) is 35.1 Å². The number of benzene rings is 6. The second kappa shape index (κ2) is 30.0. The van der Waals surface area contributed by atoms with E-state index in [0.29, 0.717) is 109 Å². The number of urea groups is 1. The highest BCUT2D eigenvalue weighted by Crippen LogP contribution is 2.66. The van der Waals surface area contributed by atoms with Crippen LogP contribution >= 0.6 is 0 Å². The molecule has 12 bridgehead atoms. The van der Waals surface area contributed by atoms with Gasteiger partial charge < -0.3 is 50.3 Å².